The summed E-state index contributed by atoms with van der Waals surface area (Å²) >= 11 is 0. The second-order valence-corrected chi connectivity index (χ2v) is 5.58. The van der Waals surface area contributed by atoms with Crippen LogP contribution in [-0.4, -0.2) is 33.2 Å². The van der Waals surface area contributed by atoms with Crippen molar-refractivity contribution in [3.05, 3.63) is 54.3 Å². The van der Waals surface area contributed by atoms with Crippen LogP contribution in [0.1, 0.15) is 12.8 Å². The summed E-state index contributed by atoms with van der Waals surface area (Å²) in [5, 5.41) is 14.9. The molecule has 8 heteroatoms. The SMILES string of the molecule is COc1ccc(NC(=O)CCCn2nnc(-c3ccccc3)n2)cc1F. The Kier molecular flexibility index (Phi) is 5.52. The smallest absolute Gasteiger partial charge is 0.224 e. The number of rotatable bonds is 7. The number of hydrogen-bond acceptors (Lipinski definition) is 5. The van der Waals surface area contributed by atoms with E-state index in [0.29, 0.717) is 24.5 Å². The maximum Gasteiger partial charge on any atom is 0.224 e. The second kappa shape index (κ2) is 8.19. The van der Waals surface area contributed by atoms with E-state index in [1.807, 2.05) is 30.3 Å². The first-order valence-corrected chi connectivity index (χ1v) is 8.12. The highest BCUT2D eigenvalue weighted by Gasteiger charge is 2.08. The third-order valence-electron chi connectivity index (χ3n) is 3.68. The van der Waals surface area contributed by atoms with Gasteiger partial charge in [-0.3, -0.25) is 4.79 Å². The van der Waals surface area contributed by atoms with Crippen molar-refractivity contribution in [1.82, 2.24) is 20.2 Å². The third kappa shape index (κ3) is 4.41. The average molecular weight is 355 g/mol. The first-order chi connectivity index (χ1) is 12.7. The van der Waals surface area contributed by atoms with Gasteiger partial charge in [0.1, 0.15) is 0 Å². The molecule has 7 nitrogen and oxygen atoms in total. The van der Waals surface area contributed by atoms with Crippen LogP contribution >= 0.6 is 0 Å². The van der Waals surface area contributed by atoms with Crippen LogP contribution in [-0.2, 0) is 11.3 Å². The third-order valence-corrected chi connectivity index (χ3v) is 3.68. The number of halogens is 1. The van der Waals surface area contributed by atoms with Crippen molar-refractivity contribution in [2.24, 2.45) is 0 Å². The summed E-state index contributed by atoms with van der Waals surface area (Å²) in [6.07, 6.45) is 0.797. The van der Waals surface area contributed by atoms with Gasteiger partial charge in [-0.2, -0.15) is 4.80 Å². The van der Waals surface area contributed by atoms with Crippen molar-refractivity contribution in [2.45, 2.75) is 19.4 Å². The zero-order valence-electron chi connectivity index (χ0n) is 14.2. The zero-order chi connectivity index (χ0) is 18.4. The summed E-state index contributed by atoms with van der Waals surface area (Å²) in [5.41, 5.74) is 1.27. The van der Waals surface area contributed by atoms with E-state index in [1.165, 1.54) is 24.0 Å². The van der Waals surface area contributed by atoms with Crippen molar-refractivity contribution < 1.29 is 13.9 Å². The van der Waals surface area contributed by atoms with E-state index in [9.17, 15) is 9.18 Å². The molecule has 26 heavy (non-hydrogen) atoms. The molecule has 0 saturated carbocycles. The van der Waals surface area contributed by atoms with Gasteiger partial charge < -0.3 is 10.1 Å². The van der Waals surface area contributed by atoms with Gasteiger partial charge in [0, 0.05) is 23.7 Å². The number of amides is 1. The van der Waals surface area contributed by atoms with Crippen molar-refractivity contribution in [2.75, 3.05) is 12.4 Å². The predicted octanol–water partition coefficient (Wildman–Crippen LogP) is 2.91. The molecule has 0 fully saturated rings. The van der Waals surface area contributed by atoms with E-state index in [-0.39, 0.29) is 18.1 Å². The van der Waals surface area contributed by atoms with Gasteiger partial charge >= 0.3 is 0 Å². The Balaban J connectivity index is 1.48. The van der Waals surface area contributed by atoms with Gasteiger partial charge in [0.15, 0.2) is 11.6 Å². The second-order valence-electron chi connectivity index (χ2n) is 5.58. The largest absolute Gasteiger partial charge is 0.494 e. The van der Waals surface area contributed by atoms with E-state index in [4.69, 9.17) is 4.74 Å². The van der Waals surface area contributed by atoms with Gasteiger partial charge in [-0.15, -0.1) is 10.2 Å². The molecule has 3 rings (SSSR count). The summed E-state index contributed by atoms with van der Waals surface area (Å²) in [7, 11) is 1.39. The Morgan fingerprint density at radius 3 is 2.77 bits per heavy atom. The number of nitrogens with zero attached hydrogens (tertiary/aromatic N) is 4. The Bertz CT molecular complexity index is 882. The molecule has 0 radical (unpaired) electrons. The fraction of sp³-hybridized carbons (Fsp3) is 0.222. The van der Waals surface area contributed by atoms with Crippen molar-refractivity contribution >= 4 is 11.6 Å². The quantitative estimate of drug-likeness (QED) is 0.705. The highest BCUT2D eigenvalue weighted by atomic mass is 19.1. The summed E-state index contributed by atoms with van der Waals surface area (Å²) in [4.78, 5) is 13.4. The van der Waals surface area contributed by atoms with E-state index >= 15 is 0 Å². The van der Waals surface area contributed by atoms with Gasteiger partial charge in [-0.1, -0.05) is 30.3 Å². The van der Waals surface area contributed by atoms with Crippen LogP contribution in [0, 0.1) is 5.82 Å². The number of benzene rings is 2. The number of aromatic nitrogens is 4. The highest BCUT2D eigenvalue weighted by Crippen LogP contribution is 2.20. The molecule has 1 N–H and O–H groups in total. The Morgan fingerprint density at radius 1 is 1.23 bits per heavy atom. The molecule has 1 heterocycles. The van der Waals surface area contributed by atoms with Gasteiger partial charge in [0.25, 0.3) is 0 Å². The van der Waals surface area contributed by atoms with E-state index in [0.717, 1.165) is 5.56 Å². The molecule has 0 bridgehead atoms. The molecular formula is C18H18FN5O2. The van der Waals surface area contributed by atoms with Gasteiger partial charge in [0.05, 0.1) is 13.7 Å². The van der Waals surface area contributed by atoms with Crippen LogP contribution < -0.4 is 10.1 Å². The lowest BCUT2D eigenvalue weighted by molar-refractivity contribution is -0.116. The molecule has 0 aliphatic rings. The molecule has 0 unspecified atom stereocenters. The maximum atomic E-state index is 13.6. The maximum absolute atomic E-state index is 13.6. The fourth-order valence-corrected chi connectivity index (χ4v) is 2.39. The van der Waals surface area contributed by atoms with Crippen LogP contribution in [0.5, 0.6) is 5.75 Å². The number of aryl methyl sites for hydroxylation is 1. The summed E-state index contributed by atoms with van der Waals surface area (Å²) in [6.45, 7) is 0.463. The molecule has 0 aliphatic carbocycles. The Morgan fingerprint density at radius 2 is 2.04 bits per heavy atom. The van der Waals surface area contributed by atoms with Crippen molar-refractivity contribution in [1.29, 1.82) is 0 Å². The minimum atomic E-state index is -0.523. The summed E-state index contributed by atoms with van der Waals surface area (Å²) in [5.74, 6) is -0.0539. The molecular weight excluding hydrogens is 337 g/mol. The zero-order valence-corrected chi connectivity index (χ0v) is 14.2. The number of ether oxygens (including phenoxy) is 1. The molecule has 134 valence electrons. The molecule has 0 saturated heterocycles. The standard InChI is InChI=1S/C18H18FN5O2/c1-26-16-10-9-14(12-15(16)19)20-17(25)8-5-11-24-22-18(21-23-24)13-6-3-2-4-7-13/h2-4,6-7,9-10,12H,5,8,11H2,1H3,(H,20,25). The number of hydrogen-bond donors (Lipinski definition) is 1. The van der Waals surface area contributed by atoms with Gasteiger partial charge in [-0.25, -0.2) is 4.39 Å². The van der Waals surface area contributed by atoms with Crippen molar-refractivity contribution in [3.63, 3.8) is 0 Å². The Labute approximate surface area is 149 Å². The topological polar surface area (TPSA) is 81.9 Å². The lowest BCUT2D eigenvalue weighted by atomic mass is 10.2. The van der Waals surface area contributed by atoms with Crippen LogP contribution in [0.15, 0.2) is 48.5 Å². The molecule has 1 aromatic heterocycles. The number of anilines is 1. The normalized spacial score (nSPS) is 10.5. The monoisotopic (exact) mass is 355 g/mol. The summed E-state index contributed by atoms with van der Waals surface area (Å²) in [6, 6.07) is 13.8. The molecule has 1 amide bonds. The van der Waals surface area contributed by atoms with E-state index < -0.39 is 5.82 Å². The lowest BCUT2D eigenvalue weighted by Gasteiger charge is -2.07. The first kappa shape index (κ1) is 17.5. The van der Waals surface area contributed by atoms with Gasteiger partial charge in [0.2, 0.25) is 11.7 Å². The summed E-state index contributed by atoms with van der Waals surface area (Å²) < 4.78 is 18.5. The van der Waals surface area contributed by atoms with Crippen LogP contribution in [0.3, 0.4) is 0 Å². The number of carbonyl (C=O) groups is 1. The highest BCUT2D eigenvalue weighted by molar-refractivity contribution is 5.90. The fourth-order valence-electron chi connectivity index (χ4n) is 2.39. The van der Waals surface area contributed by atoms with Crippen LogP contribution in [0.25, 0.3) is 11.4 Å². The molecule has 3 aromatic rings. The molecule has 0 atom stereocenters. The average Bonchev–Trinajstić information content (AvgIpc) is 3.11. The molecule has 0 spiro atoms. The number of tetrazole rings is 1. The Hall–Kier alpha value is -3.29. The van der Waals surface area contributed by atoms with Crippen LogP contribution in [0.2, 0.25) is 0 Å². The number of nitrogens with one attached hydrogen (secondary N) is 1. The predicted molar refractivity (Wildman–Crippen MR) is 94.1 cm³/mol. The number of carbonyl (C=O) groups excluding carboxylic acids is 1. The first-order valence-electron chi connectivity index (χ1n) is 8.12. The number of methoxy groups -OCH3 is 1. The van der Waals surface area contributed by atoms with Crippen LogP contribution in [0.4, 0.5) is 10.1 Å². The van der Waals surface area contributed by atoms with E-state index in [2.05, 4.69) is 20.7 Å². The minimum absolute atomic E-state index is 0.134. The lowest BCUT2D eigenvalue weighted by Crippen LogP contribution is -2.13. The van der Waals surface area contributed by atoms with Gasteiger partial charge in [-0.05, 0) is 23.8 Å². The molecule has 2 aromatic carbocycles. The van der Waals surface area contributed by atoms with E-state index in [1.54, 1.807) is 6.07 Å². The molecule has 0 aliphatic heterocycles. The minimum Gasteiger partial charge on any atom is -0.494 e. The van der Waals surface area contributed by atoms with Crippen molar-refractivity contribution in [3.8, 4) is 17.1 Å².